The second kappa shape index (κ2) is 8.67. The number of para-hydroxylation sites is 1. The average molecular weight is 426 g/mol. The zero-order chi connectivity index (χ0) is 20.2. The number of nitrogens with zero attached hydrogens (tertiary/aromatic N) is 3. The summed E-state index contributed by atoms with van der Waals surface area (Å²) in [7, 11) is 3.26. The van der Waals surface area contributed by atoms with Crippen LogP contribution in [0.3, 0.4) is 0 Å². The zero-order valence-electron chi connectivity index (χ0n) is 16.2. The van der Waals surface area contributed by atoms with Crippen LogP contribution in [0.4, 0.5) is 0 Å². The lowest BCUT2D eigenvalue weighted by Gasteiger charge is -2.10. The first-order valence-electron chi connectivity index (χ1n) is 8.87. The van der Waals surface area contributed by atoms with Crippen molar-refractivity contribution in [3.05, 3.63) is 59.1 Å². The van der Waals surface area contributed by atoms with Crippen LogP contribution in [0, 0.1) is 6.92 Å². The molecule has 2 aromatic heterocycles. The molecule has 4 rings (SSSR count). The summed E-state index contributed by atoms with van der Waals surface area (Å²) in [6, 6.07) is 13.8. The molecule has 0 atom stereocenters. The molecular formula is C21H19N3O3S2. The number of thioether (sulfide) groups is 1. The highest BCUT2D eigenvalue weighted by molar-refractivity contribution is 7.98. The van der Waals surface area contributed by atoms with Gasteiger partial charge < -0.3 is 13.9 Å². The van der Waals surface area contributed by atoms with Gasteiger partial charge in [-0.25, -0.2) is 4.98 Å². The maximum Gasteiger partial charge on any atom is 0.277 e. The van der Waals surface area contributed by atoms with Crippen LogP contribution in [0.1, 0.15) is 11.3 Å². The second-order valence-electron chi connectivity index (χ2n) is 6.21. The Morgan fingerprint density at radius 1 is 1.03 bits per heavy atom. The molecule has 148 valence electrons. The van der Waals surface area contributed by atoms with Crippen LogP contribution in [0.2, 0.25) is 0 Å². The number of hydrogen-bond acceptors (Lipinski definition) is 8. The lowest BCUT2D eigenvalue weighted by molar-refractivity contribution is 0.356. The minimum Gasteiger partial charge on any atom is -0.493 e. The summed E-state index contributed by atoms with van der Waals surface area (Å²) in [4.78, 5) is 4.73. The molecule has 8 heteroatoms. The van der Waals surface area contributed by atoms with E-state index in [1.807, 2.05) is 54.8 Å². The van der Waals surface area contributed by atoms with Crippen molar-refractivity contribution in [2.24, 2.45) is 0 Å². The number of rotatable bonds is 7. The molecule has 0 fully saturated rings. The molecule has 2 aromatic carbocycles. The topological polar surface area (TPSA) is 70.3 Å². The molecule has 0 aliphatic heterocycles. The fourth-order valence-corrected chi connectivity index (χ4v) is 4.37. The van der Waals surface area contributed by atoms with Crippen molar-refractivity contribution in [1.82, 2.24) is 15.2 Å². The number of aryl methyl sites for hydroxylation is 1. The standard InChI is InChI=1S/C21H19N3O3S2/c1-13-7-9-14(10-8-13)19-23-24-21(27-19)29-12-15-11-28-20(22-15)16-5-4-6-17(25-2)18(16)26-3/h4-11H,12H2,1-3H3. The second-order valence-corrected chi connectivity index (χ2v) is 8.00. The molecule has 29 heavy (non-hydrogen) atoms. The van der Waals surface area contributed by atoms with Gasteiger partial charge in [0.25, 0.3) is 5.22 Å². The Balaban J connectivity index is 1.46. The first-order chi connectivity index (χ1) is 14.2. The van der Waals surface area contributed by atoms with Crippen molar-refractivity contribution < 1.29 is 13.9 Å². The molecule has 4 aromatic rings. The van der Waals surface area contributed by atoms with Gasteiger partial charge in [0, 0.05) is 16.7 Å². The summed E-state index contributed by atoms with van der Waals surface area (Å²) in [6.07, 6.45) is 0. The maximum absolute atomic E-state index is 5.77. The molecule has 0 bridgehead atoms. The molecular weight excluding hydrogens is 406 g/mol. The van der Waals surface area contributed by atoms with E-state index in [9.17, 15) is 0 Å². The van der Waals surface area contributed by atoms with Crippen molar-refractivity contribution in [3.8, 4) is 33.5 Å². The molecule has 0 aliphatic carbocycles. The Morgan fingerprint density at radius 3 is 2.62 bits per heavy atom. The van der Waals surface area contributed by atoms with Crippen LogP contribution in [-0.2, 0) is 5.75 Å². The predicted molar refractivity (Wildman–Crippen MR) is 115 cm³/mol. The van der Waals surface area contributed by atoms with Crippen LogP contribution >= 0.6 is 23.1 Å². The average Bonchev–Trinajstić information content (AvgIpc) is 3.42. The molecule has 0 saturated heterocycles. The van der Waals surface area contributed by atoms with E-state index in [0.29, 0.717) is 28.4 Å². The Labute approximate surface area is 176 Å². The molecule has 0 radical (unpaired) electrons. The van der Waals surface area contributed by atoms with Gasteiger partial charge in [0.1, 0.15) is 5.01 Å². The van der Waals surface area contributed by atoms with Crippen molar-refractivity contribution in [2.45, 2.75) is 17.9 Å². The summed E-state index contributed by atoms with van der Waals surface area (Å²) < 4.78 is 16.7. The quantitative estimate of drug-likeness (QED) is 0.363. The van der Waals surface area contributed by atoms with Crippen molar-refractivity contribution in [1.29, 1.82) is 0 Å². The largest absolute Gasteiger partial charge is 0.493 e. The van der Waals surface area contributed by atoms with Crippen molar-refractivity contribution >= 4 is 23.1 Å². The van der Waals surface area contributed by atoms with Gasteiger partial charge in [0.15, 0.2) is 11.5 Å². The number of thiazole rings is 1. The van der Waals surface area contributed by atoms with Gasteiger partial charge in [0.05, 0.1) is 25.5 Å². The van der Waals surface area contributed by atoms with E-state index >= 15 is 0 Å². The van der Waals surface area contributed by atoms with E-state index < -0.39 is 0 Å². The monoisotopic (exact) mass is 425 g/mol. The fourth-order valence-electron chi connectivity index (χ4n) is 2.77. The summed E-state index contributed by atoms with van der Waals surface area (Å²) >= 11 is 3.03. The first-order valence-corrected chi connectivity index (χ1v) is 10.7. The smallest absolute Gasteiger partial charge is 0.277 e. The highest BCUT2D eigenvalue weighted by Gasteiger charge is 2.15. The molecule has 2 heterocycles. The van der Waals surface area contributed by atoms with Gasteiger partial charge >= 0.3 is 0 Å². The van der Waals surface area contributed by atoms with E-state index in [-0.39, 0.29) is 0 Å². The number of benzene rings is 2. The van der Waals surface area contributed by atoms with E-state index in [2.05, 4.69) is 10.2 Å². The third-order valence-electron chi connectivity index (χ3n) is 4.23. The predicted octanol–water partition coefficient (Wildman–Crippen LogP) is 5.48. The minimum absolute atomic E-state index is 0.521. The number of hydrogen-bond donors (Lipinski definition) is 0. The molecule has 0 aliphatic rings. The summed E-state index contributed by atoms with van der Waals surface area (Å²) in [5, 5.41) is 11.7. The van der Waals surface area contributed by atoms with Crippen LogP contribution in [0.25, 0.3) is 22.0 Å². The Morgan fingerprint density at radius 2 is 1.86 bits per heavy atom. The van der Waals surface area contributed by atoms with Crippen molar-refractivity contribution in [3.63, 3.8) is 0 Å². The Bertz CT molecular complexity index is 1110. The van der Waals surface area contributed by atoms with Gasteiger partial charge in [-0.1, -0.05) is 35.5 Å². The normalized spacial score (nSPS) is 10.9. The SMILES string of the molecule is COc1cccc(-c2nc(CSc3nnc(-c4ccc(C)cc4)o3)cs2)c1OC. The van der Waals surface area contributed by atoms with Gasteiger partial charge in [-0.3, -0.25) is 0 Å². The van der Waals surface area contributed by atoms with Gasteiger partial charge in [-0.2, -0.15) is 0 Å². The highest BCUT2D eigenvalue weighted by Crippen LogP contribution is 2.39. The molecule has 0 saturated carbocycles. The number of aromatic nitrogens is 3. The third-order valence-corrected chi connectivity index (χ3v) is 6.01. The van der Waals surface area contributed by atoms with Crippen LogP contribution < -0.4 is 9.47 Å². The Hall–Kier alpha value is -2.84. The number of methoxy groups -OCH3 is 2. The van der Waals surface area contributed by atoms with Crippen molar-refractivity contribution in [2.75, 3.05) is 14.2 Å². The fraction of sp³-hybridized carbons (Fsp3) is 0.190. The molecule has 0 spiro atoms. The highest BCUT2D eigenvalue weighted by atomic mass is 32.2. The van der Waals surface area contributed by atoms with E-state index in [4.69, 9.17) is 18.9 Å². The third kappa shape index (κ3) is 4.28. The molecule has 0 amide bonds. The first kappa shape index (κ1) is 19.5. The minimum atomic E-state index is 0.521. The summed E-state index contributed by atoms with van der Waals surface area (Å²) in [6.45, 7) is 2.04. The lowest BCUT2D eigenvalue weighted by atomic mass is 10.1. The van der Waals surface area contributed by atoms with Crippen LogP contribution in [0.5, 0.6) is 11.5 Å². The summed E-state index contributed by atoms with van der Waals surface area (Å²) in [5.74, 6) is 2.53. The van der Waals surface area contributed by atoms with E-state index in [0.717, 1.165) is 21.8 Å². The lowest BCUT2D eigenvalue weighted by Crippen LogP contribution is -1.93. The Kier molecular flexibility index (Phi) is 5.82. The summed E-state index contributed by atoms with van der Waals surface area (Å²) in [5.41, 5.74) is 3.95. The molecule has 0 N–H and O–H groups in total. The van der Waals surface area contributed by atoms with Crippen LogP contribution in [-0.4, -0.2) is 29.4 Å². The van der Waals surface area contributed by atoms with Gasteiger partial charge in [-0.15, -0.1) is 21.5 Å². The number of ether oxygens (including phenoxy) is 2. The van der Waals surface area contributed by atoms with E-state index in [1.54, 1.807) is 25.6 Å². The van der Waals surface area contributed by atoms with Gasteiger partial charge in [0.2, 0.25) is 5.89 Å². The van der Waals surface area contributed by atoms with E-state index in [1.165, 1.54) is 17.3 Å². The zero-order valence-corrected chi connectivity index (χ0v) is 17.8. The molecule has 6 nitrogen and oxygen atoms in total. The van der Waals surface area contributed by atoms with Crippen LogP contribution in [0.15, 0.2) is 57.5 Å². The maximum atomic E-state index is 5.77. The molecule has 0 unspecified atom stereocenters. The van der Waals surface area contributed by atoms with Gasteiger partial charge in [-0.05, 0) is 31.2 Å².